The molecule has 6 heterocycles. The molecule has 546 valence electrons. The predicted octanol–water partition coefficient (Wildman–Crippen LogP) is 21.8. The van der Waals surface area contributed by atoms with Crippen molar-refractivity contribution in [2.24, 2.45) is 0 Å². The zero-order chi connectivity index (χ0) is 71.3. The van der Waals surface area contributed by atoms with Crippen LogP contribution in [-0.2, 0) is 44.9 Å². The predicted molar refractivity (Wildman–Crippen MR) is 434 cm³/mol. The third kappa shape index (κ3) is 21.7. The smallest absolute Gasteiger partial charge is 0.123 e. The third-order valence-electron chi connectivity index (χ3n) is 21.8. The van der Waals surface area contributed by atoms with Gasteiger partial charge >= 0.3 is 0 Å². The van der Waals surface area contributed by atoms with Gasteiger partial charge in [-0.15, -0.1) is 6.58 Å². The lowest BCUT2D eigenvalue weighted by Crippen LogP contribution is -2.36. The molecule has 3 fully saturated rings. The number of nitrogens with zero attached hydrogens (tertiary/aromatic N) is 6. The molecule has 6 aliphatic heterocycles. The molecule has 9 aromatic carbocycles. The molecule has 3 unspecified atom stereocenters. The van der Waals surface area contributed by atoms with Crippen molar-refractivity contribution in [3.63, 3.8) is 0 Å². The SMILES string of the molecule is C.C=CCN1CCCCC1.Cc1ccc2c(c1)CCN(c1ccc(F)cc1)C2Cc1ccc(/C=C/CN2CCCCC2)cc1.Cc1ccc2c(c1)CCN(c1ccc(F)cc1)C2Cc1ccc(Br)cc1.Oc1ccc2c(c1)CCN(c1ccc(F)cc1)C2Cc1ccc(CCCN2CCCCC2)cc1. The molecule has 9 aromatic rings. The number of aryl methyl sites for hydroxylation is 3. The highest BCUT2D eigenvalue weighted by atomic mass is 79.9. The van der Waals surface area contributed by atoms with E-state index in [1.54, 1.807) is 30.3 Å². The maximum Gasteiger partial charge on any atom is 0.123 e. The van der Waals surface area contributed by atoms with Gasteiger partial charge in [0.15, 0.2) is 0 Å². The Kier molecular flexibility index (Phi) is 28.6. The lowest BCUT2D eigenvalue weighted by Gasteiger charge is -2.39. The number of fused-ring (bicyclic) bond motifs is 3. The van der Waals surface area contributed by atoms with E-state index >= 15 is 0 Å². The first kappa shape index (κ1) is 76.9. The fourth-order valence-electron chi connectivity index (χ4n) is 16.3. The van der Waals surface area contributed by atoms with Crippen LogP contribution < -0.4 is 14.7 Å². The van der Waals surface area contributed by atoms with Crippen LogP contribution in [0.2, 0.25) is 0 Å². The van der Waals surface area contributed by atoms with Crippen molar-refractivity contribution in [1.29, 1.82) is 0 Å². The minimum atomic E-state index is -0.210. The van der Waals surface area contributed by atoms with Crippen molar-refractivity contribution in [1.82, 2.24) is 14.7 Å². The Hall–Kier alpha value is -8.19. The summed E-state index contributed by atoms with van der Waals surface area (Å²) in [6, 6.07) is 67.4. The molecule has 3 saturated heterocycles. The fraction of sp³-hybridized carbons (Fsp3) is 0.376. The minimum absolute atomic E-state index is 0. The standard InChI is InChI=1S/C31H35FN2.C30H35FN2O.C23H21BrFN.C8H15N.CH4/c1-24-7-16-30-27(22-24)17-21-34(29-14-12-28(32)13-15-29)31(30)23-26-10-8-25(9-11-26)6-5-20-33-18-3-2-4-19-33;31-26-10-12-27(13-11-26)33-20-16-25-22-28(34)14-15-29(25)30(33)21-24-8-6-23(7-9-24)5-4-19-32-17-2-1-3-18-32;1-16-2-11-22-18(14-16)12-13-26(21-9-7-20(25)8-10-21)23(22)15-17-3-5-19(24)6-4-17;1-2-6-9-7-4-3-5-8-9;/h5-16,22,31H,2-4,17-21,23H2,1H3;6-15,22,30,34H,1-5,16-21H2;2-11,14,23H,12-13,15H2,1H3;2H,1,3-8H2;1H4/b6-5+;;;;. The summed E-state index contributed by atoms with van der Waals surface area (Å²) < 4.78 is 41.6. The van der Waals surface area contributed by atoms with Crippen LogP contribution in [0.5, 0.6) is 5.75 Å². The lowest BCUT2D eigenvalue weighted by atomic mass is 9.87. The Labute approximate surface area is 628 Å². The number of anilines is 3. The number of likely N-dealkylation sites (tertiary alicyclic amines) is 3. The molecule has 1 N–H and O–H groups in total. The molecule has 15 rings (SSSR count). The van der Waals surface area contributed by atoms with E-state index in [4.69, 9.17) is 0 Å². The zero-order valence-electron chi connectivity index (χ0n) is 60.9. The molecule has 7 nitrogen and oxygen atoms in total. The number of hydrogen-bond donors (Lipinski definition) is 1. The molecule has 0 saturated carbocycles. The first-order chi connectivity index (χ1) is 50.3. The van der Waals surface area contributed by atoms with Crippen LogP contribution in [-0.4, -0.2) is 98.3 Å². The third-order valence-corrected chi connectivity index (χ3v) is 22.3. The number of hydrogen-bond acceptors (Lipinski definition) is 7. The Balaban J connectivity index is 0.000000147. The number of piperidine rings is 3. The largest absolute Gasteiger partial charge is 0.508 e. The fourth-order valence-corrected chi connectivity index (χ4v) is 16.5. The van der Waals surface area contributed by atoms with E-state index in [-0.39, 0.29) is 43.0 Å². The number of aromatic hydroxyl groups is 1. The summed E-state index contributed by atoms with van der Waals surface area (Å²) >= 11 is 3.51. The highest BCUT2D eigenvalue weighted by molar-refractivity contribution is 9.10. The Morgan fingerprint density at radius 2 is 0.779 bits per heavy atom. The summed E-state index contributed by atoms with van der Waals surface area (Å²) in [6.45, 7) is 21.7. The highest BCUT2D eigenvalue weighted by Gasteiger charge is 2.32. The lowest BCUT2D eigenvalue weighted by molar-refractivity contribution is 0.226. The van der Waals surface area contributed by atoms with Crippen LogP contribution in [0.15, 0.2) is 223 Å². The normalized spacial score (nSPS) is 18.2. The number of rotatable bonds is 18. The first-order valence-electron chi connectivity index (χ1n) is 38.3. The highest BCUT2D eigenvalue weighted by Crippen LogP contribution is 2.41. The van der Waals surface area contributed by atoms with Crippen molar-refractivity contribution in [2.45, 2.75) is 149 Å². The molecule has 0 radical (unpaired) electrons. The summed E-state index contributed by atoms with van der Waals surface area (Å²) in [7, 11) is 0. The molecule has 3 atom stereocenters. The second-order valence-corrected chi connectivity index (χ2v) is 30.2. The van der Waals surface area contributed by atoms with Gasteiger partial charge in [-0.05, 0) is 308 Å². The van der Waals surface area contributed by atoms with Crippen LogP contribution in [0.4, 0.5) is 30.2 Å². The minimum Gasteiger partial charge on any atom is -0.508 e. The van der Waals surface area contributed by atoms with Crippen molar-refractivity contribution in [2.75, 3.05) is 93.2 Å². The van der Waals surface area contributed by atoms with E-state index in [1.807, 2.05) is 48.5 Å². The molecule has 11 heteroatoms. The summed E-state index contributed by atoms with van der Waals surface area (Å²) in [5, 5.41) is 10.0. The molecule has 0 spiro atoms. The van der Waals surface area contributed by atoms with Gasteiger partial charge < -0.3 is 24.7 Å². The van der Waals surface area contributed by atoms with Crippen molar-refractivity contribution in [3.8, 4) is 5.75 Å². The van der Waals surface area contributed by atoms with Crippen LogP contribution in [0.1, 0.15) is 162 Å². The maximum absolute atomic E-state index is 13.6. The van der Waals surface area contributed by atoms with Gasteiger partial charge in [-0.1, -0.05) is 175 Å². The molecule has 6 aliphatic rings. The maximum atomic E-state index is 13.6. The molecule has 104 heavy (non-hydrogen) atoms. The van der Waals surface area contributed by atoms with Crippen LogP contribution >= 0.6 is 15.9 Å². The van der Waals surface area contributed by atoms with Gasteiger partial charge in [-0.3, -0.25) is 9.80 Å². The van der Waals surface area contributed by atoms with E-state index < -0.39 is 0 Å². The molecular formula is C93H110BrF3N6O. The molecule has 0 aliphatic carbocycles. The van der Waals surface area contributed by atoms with Crippen molar-refractivity contribution < 1.29 is 18.3 Å². The number of benzene rings is 9. The average molecular weight is 1460 g/mol. The van der Waals surface area contributed by atoms with Crippen molar-refractivity contribution >= 4 is 39.1 Å². The van der Waals surface area contributed by atoms with E-state index in [2.05, 4.69) is 193 Å². The second-order valence-electron chi connectivity index (χ2n) is 29.3. The van der Waals surface area contributed by atoms with E-state index in [1.165, 1.54) is 194 Å². The number of phenolic OH excluding ortho intramolecular Hbond substituents is 1. The zero-order valence-corrected chi connectivity index (χ0v) is 62.5. The van der Waals surface area contributed by atoms with Gasteiger partial charge in [0.2, 0.25) is 0 Å². The number of halogens is 4. The molecule has 0 bridgehead atoms. The average Bonchev–Trinajstić information content (AvgIpc) is 0.792. The van der Waals surface area contributed by atoms with E-state index in [0.29, 0.717) is 5.75 Å². The summed E-state index contributed by atoms with van der Waals surface area (Å²) in [6.07, 6.45) is 26.9. The van der Waals surface area contributed by atoms with E-state index in [0.717, 1.165) is 99.2 Å². The molecular weight excluding hydrogens is 1350 g/mol. The number of phenols is 1. The van der Waals surface area contributed by atoms with Crippen LogP contribution in [0, 0.1) is 31.3 Å². The van der Waals surface area contributed by atoms with Gasteiger partial charge in [0.1, 0.15) is 23.2 Å². The van der Waals surface area contributed by atoms with Crippen LogP contribution in [0.25, 0.3) is 6.08 Å². The quantitative estimate of drug-likeness (QED) is 0.0859. The molecule has 0 amide bonds. The Morgan fingerprint density at radius 3 is 1.20 bits per heavy atom. The summed E-state index contributed by atoms with van der Waals surface area (Å²) in [4.78, 5) is 14.9. The molecule has 0 aromatic heterocycles. The van der Waals surface area contributed by atoms with Gasteiger partial charge in [0, 0.05) is 54.3 Å². The monoisotopic (exact) mass is 1460 g/mol. The van der Waals surface area contributed by atoms with Crippen molar-refractivity contribution in [3.05, 3.63) is 313 Å². The topological polar surface area (TPSA) is 39.7 Å². The second kappa shape index (κ2) is 38.7. The Morgan fingerprint density at radius 1 is 0.413 bits per heavy atom. The van der Waals surface area contributed by atoms with Crippen LogP contribution in [0.3, 0.4) is 0 Å². The van der Waals surface area contributed by atoms with Gasteiger partial charge in [-0.2, -0.15) is 0 Å². The van der Waals surface area contributed by atoms with Gasteiger partial charge in [0.05, 0.1) is 18.1 Å². The Bertz CT molecular complexity index is 4130. The first-order valence-corrected chi connectivity index (χ1v) is 39.1. The van der Waals surface area contributed by atoms with Gasteiger partial charge in [-0.25, -0.2) is 13.2 Å². The summed E-state index contributed by atoms with van der Waals surface area (Å²) in [5.74, 6) is -0.261. The van der Waals surface area contributed by atoms with E-state index in [9.17, 15) is 18.3 Å². The summed E-state index contributed by atoms with van der Waals surface area (Å²) in [5.41, 5.74) is 20.6. The van der Waals surface area contributed by atoms with Gasteiger partial charge in [0.25, 0.3) is 0 Å².